The molecule has 0 fully saturated rings. The minimum atomic E-state index is -0.183. The number of nitrogens with two attached hydrogens (primary N) is 1. The second-order valence-electron chi connectivity index (χ2n) is 3.37. The molecule has 0 aromatic heterocycles. The largest absolute Gasteiger partial charge is 0.347 e. The summed E-state index contributed by atoms with van der Waals surface area (Å²) in [5.41, 5.74) is 5.43. The quantitative estimate of drug-likeness (QED) is 0.618. The summed E-state index contributed by atoms with van der Waals surface area (Å²) in [4.78, 5) is 23.9. The van der Waals surface area contributed by atoms with Gasteiger partial charge < -0.3 is 16.0 Å². The zero-order chi connectivity index (χ0) is 11.1. The van der Waals surface area contributed by atoms with Gasteiger partial charge in [0.1, 0.15) is 0 Å². The van der Waals surface area contributed by atoms with Crippen molar-refractivity contribution in [2.24, 2.45) is 5.73 Å². The molecular formula is C9H19N3O2. The van der Waals surface area contributed by atoms with Gasteiger partial charge >= 0.3 is 0 Å². The van der Waals surface area contributed by atoms with Gasteiger partial charge in [-0.1, -0.05) is 0 Å². The third-order valence-electron chi connectivity index (χ3n) is 1.84. The number of carbonyl (C=O) groups is 2. The molecule has 0 spiro atoms. The van der Waals surface area contributed by atoms with Crippen LogP contribution >= 0.6 is 0 Å². The van der Waals surface area contributed by atoms with E-state index in [1.54, 1.807) is 18.9 Å². The monoisotopic (exact) mass is 201 g/mol. The Kier molecular flexibility index (Phi) is 5.87. The lowest BCUT2D eigenvalue weighted by Crippen LogP contribution is -2.39. The molecule has 1 atom stereocenters. The van der Waals surface area contributed by atoms with Crippen molar-refractivity contribution in [1.29, 1.82) is 0 Å². The van der Waals surface area contributed by atoms with Gasteiger partial charge in [0, 0.05) is 26.1 Å². The summed E-state index contributed by atoms with van der Waals surface area (Å²) < 4.78 is 0. The van der Waals surface area contributed by atoms with Gasteiger partial charge in [0.2, 0.25) is 11.8 Å². The Labute approximate surface area is 84.6 Å². The smallest absolute Gasteiger partial charge is 0.241 e. The molecule has 0 saturated heterocycles. The zero-order valence-corrected chi connectivity index (χ0v) is 9.04. The topological polar surface area (TPSA) is 75.4 Å². The van der Waals surface area contributed by atoms with Crippen LogP contribution in [0.25, 0.3) is 0 Å². The van der Waals surface area contributed by atoms with Crippen molar-refractivity contribution in [2.75, 3.05) is 20.1 Å². The Hall–Kier alpha value is -1.10. The van der Waals surface area contributed by atoms with Crippen molar-refractivity contribution < 1.29 is 9.59 Å². The van der Waals surface area contributed by atoms with Crippen LogP contribution in [0.1, 0.15) is 20.3 Å². The molecule has 82 valence electrons. The summed E-state index contributed by atoms with van der Waals surface area (Å²) in [6, 6.07) is -0.172. The molecular weight excluding hydrogens is 182 g/mol. The highest BCUT2D eigenvalue weighted by atomic mass is 16.2. The van der Waals surface area contributed by atoms with E-state index >= 15 is 0 Å². The third kappa shape index (κ3) is 5.53. The Morgan fingerprint density at radius 3 is 2.50 bits per heavy atom. The lowest BCUT2D eigenvalue weighted by atomic mass is 10.2. The molecule has 0 rings (SSSR count). The fourth-order valence-electron chi connectivity index (χ4n) is 0.850. The highest BCUT2D eigenvalue weighted by molar-refractivity contribution is 5.84. The Bertz CT molecular complexity index is 204. The van der Waals surface area contributed by atoms with E-state index in [2.05, 4.69) is 5.32 Å². The molecule has 0 aliphatic carbocycles. The molecule has 3 N–H and O–H groups in total. The summed E-state index contributed by atoms with van der Waals surface area (Å²) in [6.45, 7) is 4.32. The number of likely N-dealkylation sites (N-methyl/N-ethyl adjacent to an activating group) is 1. The van der Waals surface area contributed by atoms with Crippen LogP contribution in [0, 0.1) is 0 Å². The molecule has 5 heteroatoms. The molecule has 5 nitrogen and oxygen atoms in total. The molecule has 2 amide bonds. The Morgan fingerprint density at radius 1 is 1.50 bits per heavy atom. The zero-order valence-electron chi connectivity index (χ0n) is 9.04. The minimum absolute atomic E-state index is 0.0515. The van der Waals surface area contributed by atoms with Crippen LogP contribution in [0.2, 0.25) is 0 Å². The fraction of sp³-hybridized carbons (Fsp3) is 0.778. The average molecular weight is 201 g/mol. The maximum Gasteiger partial charge on any atom is 0.241 e. The lowest BCUT2D eigenvalue weighted by molar-refractivity contribution is -0.131. The minimum Gasteiger partial charge on any atom is -0.347 e. The van der Waals surface area contributed by atoms with Crippen LogP contribution < -0.4 is 11.1 Å². The lowest BCUT2D eigenvalue weighted by Gasteiger charge is -2.14. The van der Waals surface area contributed by atoms with E-state index in [-0.39, 0.29) is 30.8 Å². The first-order valence-electron chi connectivity index (χ1n) is 4.73. The first-order valence-corrected chi connectivity index (χ1v) is 4.73. The molecule has 0 aliphatic rings. The molecule has 0 bridgehead atoms. The van der Waals surface area contributed by atoms with Gasteiger partial charge in [-0.15, -0.1) is 0 Å². The van der Waals surface area contributed by atoms with Gasteiger partial charge in [0.25, 0.3) is 0 Å². The van der Waals surface area contributed by atoms with E-state index in [0.717, 1.165) is 0 Å². The standard InChI is InChI=1S/C9H19N3O2/c1-4-12(3)9(14)6-11-8(13)5-7(2)10/h7H,4-6,10H2,1-3H3,(H,11,13). The number of nitrogens with zero attached hydrogens (tertiary/aromatic N) is 1. The van der Waals surface area contributed by atoms with E-state index in [9.17, 15) is 9.59 Å². The van der Waals surface area contributed by atoms with Crippen molar-refractivity contribution >= 4 is 11.8 Å². The maximum absolute atomic E-state index is 11.2. The summed E-state index contributed by atoms with van der Waals surface area (Å²) in [6.07, 6.45) is 0.253. The highest BCUT2D eigenvalue weighted by Gasteiger charge is 2.09. The van der Waals surface area contributed by atoms with E-state index in [1.807, 2.05) is 6.92 Å². The molecule has 0 radical (unpaired) electrons. The molecule has 1 unspecified atom stereocenters. The van der Waals surface area contributed by atoms with Crippen LogP contribution in [0.15, 0.2) is 0 Å². The maximum atomic E-state index is 11.2. The summed E-state index contributed by atoms with van der Waals surface area (Å²) in [5.74, 6) is -0.275. The van der Waals surface area contributed by atoms with Gasteiger partial charge in [-0.3, -0.25) is 9.59 Å². The van der Waals surface area contributed by atoms with E-state index < -0.39 is 0 Å². The van der Waals surface area contributed by atoms with Crippen LogP contribution in [-0.2, 0) is 9.59 Å². The number of hydrogen-bond donors (Lipinski definition) is 2. The van der Waals surface area contributed by atoms with Crippen molar-refractivity contribution in [3.8, 4) is 0 Å². The molecule has 0 saturated carbocycles. The number of rotatable bonds is 5. The number of hydrogen-bond acceptors (Lipinski definition) is 3. The summed E-state index contributed by atoms with van der Waals surface area (Å²) in [5, 5.41) is 2.52. The first kappa shape index (κ1) is 12.9. The van der Waals surface area contributed by atoms with Gasteiger partial charge in [-0.25, -0.2) is 0 Å². The van der Waals surface area contributed by atoms with Gasteiger partial charge in [0.15, 0.2) is 0 Å². The van der Waals surface area contributed by atoms with Crippen molar-refractivity contribution in [3.63, 3.8) is 0 Å². The SMILES string of the molecule is CCN(C)C(=O)CNC(=O)CC(C)N. The van der Waals surface area contributed by atoms with E-state index in [1.165, 1.54) is 0 Å². The Balaban J connectivity index is 3.72. The normalized spacial score (nSPS) is 12.0. The van der Waals surface area contributed by atoms with Crippen LogP contribution in [-0.4, -0.2) is 42.9 Å². The van der Waals surface area contributed by atoms with Gasteiger partial charge in [0.05, 0.1) is 6.54 Å². The molecule has 14 heavy (non-hydrogen) atoms. The molecule has 0 heterocycles. The summed E-state index contributed by atoms with van der Waals surface area (Å²) in [7, 11) is 1.69. The van der Waals surface area contributed by atoms with Crippen molar-refractivity contribution in [1.82, 2.24) is 10.2 Å². The van der Waals surface area contributed by atoms with E-state index in [4.69, 9.17) is 5.73 Å². The number of nitrogens with one attached hydrogen (secondary N) is 1. The molecule has 0 aromatic rings. The number of carbonyl (C=O) groups excluding carboxylic acids is 2. The fourth-order valence-corrected chi connectivity index (χ4v) is 0.850. The average Bonchev–Trinajstić information content (AvgIpc) is 2.11. The predicted octanol–water partition coefficient (Wildman–Crippen LogP) is -0.682. The highest BCUT2D eigenvalue weighted by Crippen LogP contribution is 1.86. The van der Waals surface area contributed by atoms with Gasteiger partial charge in [-0.05, 0) is 13.8 Å². The van der Waals surface area contributed by atoms with Gasteiger partial charge in [-0.2, -0.15) is 0 Å². The predicted molar refractivity (Wildman–Crippen MR) is 54.6 cm³/mol. The molecule has 0 aromatic carbocycles. The Morgan fingerprint density at radius 2 is 2.07 bits per heavy atom. The summed E-state index contributed by atoms with van der Waals surface area (Å²) >= 11 is 0. The first-order chi connectivity index (χ1) is 6.47. The molecule has 0 aliphatic heterocycles. The van der Waals surface area contributed by atoms with Crippen molar-refractivity contribution in [2.45, 2.75) is 26.3 Å². The second kappa shape index (κ2) is 6.37. The second-order valence-corrected chi connectivity index (χ2v) is 3.37. The third-order valence-corrected chi connectivity index (χ3v) is 1.84. The van der Waals surface area contributed by atoms with Crippen molar-refractivity contribution in [3.05, 3.63) is 0 Å². The van der Waals surface area contributed by atoms with E-state index in [0.29, 0.717) is 6.54 Å². The van der Waals surface area contributed by atoms with Crippen LogP contribution in [0.4, 0.5) is 0 Å². The van der Waals surface area contributed by atoms with Crippen LogP contribution in [0.5, 0.6) is 0 Å². The number of amides is 2. The van der Waals surface area contributed by atoms with Crippen LogP contribution in [0.3, 0.4) is 0 Å².